The van der Waals surface area contributed by atoms with E-state index in [2.05, 4.69) is 21.2 Å². The van der Waals surface area contributed by atoms with Crippen LogP contribution in [-0.4, -0.2) is 40.8 Å². The maximum atomic E-state index is 13.4. The molecule has 0 bridgehead atoms. The molecule has 0 aliphatic carbocycles. The maximum absolute atomic E-state index is 13.4. The molecule has 1 atom stereocenters. The molecule has 1 aliphatic heterocycles. The second kappa shape index (κ2) is 8.19. The quantitative estimate of drug-likeness (QED) is 0.774. The third-order valence-corrected chi connectivity index (χ3v) is 5.38. The van der Waals surface area contributed by atoms with Crippen LogP contribution in [0.15, 0.2) is 28.7 Å². The SMILES string of the molecule is COc1cc(Br)c(C2NCCc3cc(OC)c(OC)cc3C2=O)cc1OC. The van der Waals surface area contributed by atoms with Crippen LogP contribution in [0.2, 0.25) is 0 Å². The van der Waals surface area contributed by atoms with Crippen LogP contribution >= 0.6 is 15.9 Å². The highest BCUT2D eigenvalue weighted by Gasteiger charge is 2.30. The molecule has 1 unspecified atom stereocenters. The number of fused-ring (bicyclic) bond motifs is 1. The van der Waals surface area contributed by atoms with Gasteiger partial charge in [-0.15, -0.1) is 0 Å². The first-order valence-electron chi connectivity index (χ1n) is 8.48. The highest BCUT2D eigenvalue weighted by Crippen LogP contribution is 2.39. The standard InChI is InChI=1S/C20H22BrNO5/c1-24-15-7-11-5-6-22-19(20(23)12(11)8-16(15)25-2)13-9-17(26-3)18(27-4)10-14(13)21/h7-10,19,22H,5-6H2,1-4H3. The molecule has 6 nitrogen and oxygen atoms in total. The Balaban J connectivity index is 2.08. The number of carbonyl (C=O) groups is 1. The number of ketones is 1. The Bertz CT molecular complexity index is 868. The molecular formula is C20H22BrNO5. The van der Waals surface area contributed by atoms with E-state index in [0.717, 1.165) is 15.6 Å². The van der Waals surface area contributed by atoms with E-state index >= 15 is 0 Å². The van der Waals surface area contributed by atoms with Crippen LogP contribution in [0.3, 0.4) is 0 Å². The van der Waals surface area contributed by atoms with Crippen LogP contribution in [0.5, 0.6) is 23.0 Å². The molecule has 3 rings (SSSR count). The average molecular weight is 436 g/mol. The summed E-state index contributed by atoms with van der Waals surface area (Å²) in [5.74, 6) is 2.30. The largest absolute Gasteiger partial charge is 0.493 e. The van der Waals surface area contributed by atoms with Crippen molar-refractivity contribution >= 4 is 21.7 Å². The van der Waals surface area contributed by atoms with Gasteiger partial charge >= 0.3 is 0 Å². The van der Waals surface area contributed by atoms with Crippen LogP contribution in [-0.2, 0) is 6.42 Å². The fraction of sp³-hybridized carbons (Fsp3) is 0.350. The van der Waals surface area contributed by atoms with Gasteiger partial charge in [-0.05, 0) is 41.8 Å². The third-order valence-electron chi connectivity index (χ3n) is 4.69. The number of hydrogen-bond acceptors (Lipinski definition) is 6. The van der Waals surface area contributed by atoms with E-state index < -0.39 is 6.04 Å². The lowest BCUT2D eigenvalue weighted by Crippen LogP contribution is -2.28. The van der Waals surface area contributed by atoms with Crippen molar-refractivity contribution in [2.75, 3.05) is 35.0 Å². The first-order valence-corrected chi connectivity index (χ1v) is 9.27. The lowest BCUT2D eigenvalue weighted by Gasteiger charge is -2.20. The number of halogens is 1. The molecule has 0 saturated heterocycles. The number of carbonyl (C=O) groups excluding carboxylic acids is 1. The second-order valence-corrected chi connectivity index (χ2v) is 6.95. The first-order chi connectivity index (χ1) is 13.0. The molecule has 144 valence electrons. The van der Waals surface area contributed by atoms with Crippen LogP contribution in [0.25, 0.3) is 0 Å². The van der Waals surface area contributed by atoms with Gasteiger partial charge < -0.3 is 24.3 Å². The summed E-state index contributed by atoms with van der Waals surface area (Å²) >= 11 is 3.56. The van der Waals surface area contributed by atoms with Crippen molar-refractivity contribution in [3.05, 3.63) is 45.4 Å². The average Bonchev–Trinajstić information content (AvgIpc) is 2.85. The monoisotopic (exact) mass is 435 g/mol. The number of nitrogens with one attached hydrogen (secondary N) is 1. The number of methoxy groups -OCH3 is 4. The Morgan fingerprint density at radius 2 is 1.44 bits per heavy atom. The van der Waals surface area contributed by atoms with Gasteiger partial charge in [-0.3, -0.25) is 4.79 Å². The molecular weight excluding hydrogens is 414 g/mol. The minimum Gasteiger partial charge on any atom is -0.493 e. The molecule has 0 fully saturated rings. The molecule has 1 heterocycles. The van der Waals surface area contributed by atoms with Crippen LogP contribution in [0.1, 0.15) is 27.5 Å². The molecule has 0 aromatic heterocycles. The third kappa shape index (κ3) is 3.61. The molecule has 0 spiro atoms. The number of benzene rings is 2. The normalized spacial score (nSPS) is 16.3. The van der Waals surface area contributed by atoms with E-state index in [1.165, 1.54) is 0 Å². The molecule has 0 amide bonds. The fourth-order valence-electron chi connectivity index (χ4n) is 3.30. The predicted molar refractivity (Wildman–Crippen MR) is 106 cm³/mol. The van der Waals surface area contributed by atoms with Gasteiger partial charge in [0.25, 0.3) is 0 Å². The van der Waals surface area contributed by atoms with Gasteiger partial charge in [-0.1, -0.05) is 15.9 Å². The topological polar surface area (TPSA) is 66.0 Å². The van der Waals surface area contributed by atoms with E-state index in [-0.39, 0.29) is 5.78 Å². The predicted octanol–water partition coefficient (Wildman–Crippen LogP) is 3.55. The zero-order valence-corrected chi connectivity index (χ0v) is 17.3. The number of hydrogen-bond donors (Lipinski definition) is 1. The maximum Gasteiger partial charge on any atom is 0.184 e. The Hall–Kier alpha value is -2.25. The summed E-state index contributed by atoms with van der Waals surface area (Å²) in [5, 5.41) is 3.34. The van der Waals surface area contributed by atoms with Crippen molar-refractivity contribution in [1.82, 2.24) is 5.32 Å². The summed E-state index contributed by atoms with van der Waals surface area (Å²) in [6.07, 6.45) is 0.711. The van der Waals surface area contributed by atoms with Crippen LogP contribution < -0.4 is 24.3 Å². The van der Waals surface area contributed by atoms with Gasteiger partial charge in [0.05, 0.1) is 34.5 Å². The molecule has 1 aliphatic rings. The van der Waals surface area contributed by atoms with Gasteiger partial charge in [0, 0.05) is 16.6 Å². The first kappa shape index (κ1) is 19.5. The molecule has 0 radical (unpaired) electrons. The van der Waals surface area contributed by atoms with Gasteiger partial charge in [0.15, 0.2) is 28.8 Å². The van der Waals surface area contributed by atoms with E-state index in [1.807, 2.05) is 18.2 Å². The van der Waals surface area contributed by atoms with Gasteiger partial charge in [-0.2, -0.15) is 0 Å². The van der Waals surface area contributed by atoms with Gasteiger partial charge in [0.2, 0.25) is 0 Å². The Kier molecular flexibility index (Phi) is 5.92. The minimum absolute atomic E-state index is 0.0311. The Morgan fingerprint density at radius 1 is 0.889 bits per heavy atom. The molecule has 0 saturated carbocycles. The summed E-state index contributed by atoms with van der Waals surface area (Å²) in [5.41, 5.74) is 2.36. The summed E-state index contributed by atoms with van der Waals surface area (Å²) < 4.78 is 22.3. The molecule has 27 heavy (non-hydrogen) atoms. The van der Waals surface area contributed by atoms with Crippen LogP contribution in [0, 0.1) is 0 Å². The van der Waals surface area contributed by atoms with Crippen LogP contribution in [0.4, 0.5) is 0 Å². The van der Waals surface area contributed by atoms with Gasteiger partial charge in [-0.25, -0.2) is 0 Å². The van der Waals surface area contributed by atoms with Crippen molar-refractivity contribution in [1.29, 1.82) is 0 Å². The summed E-state index contributed by atoms with van der Waals surface area (Å²) in [7, 11) is 6.30. The van der Waals surface area contributed by atoms with Crippen molar-refractivity contribution < 1.29 is 23.7 Å². The molecule has 2 aromatic carbocycles. The van der Waals surface area contributed by atoms with E-state index in [4.69, 9.17) is 18.9 Å². The van der Waals surface area contributed by atoms with E-state index in [0.29, 0.717) is 41.5 Å². The molecule has 2 aromatic rings. The molecule has 7 heteroatoms. The van der Waals surface area contributed by atoms with Crippen molar-refractivity contribution in [3.8, 4) is 23.0 Å². The van der Waals surface area contributed by atoms with E-state index in [1.54, 1.807) is 34.5 Å². The zero-order chi connectivity index (χ0) is 19.6. The van der Waals surface area contributed by atoms with Crippen molar-refractivity contribution in [3.63, 3.8) is 0 Å². The Morgan fingerprint density at radius 3 is 2.07 bits per heavy atom. The smallest absolute Gasteiger partial charge is 0.184 e. The summed E-state index contributed by atoms with van der Waals surface area (Å²) in [6.45, 7) is 0.652. The number of ether oxygens (including phenoxy) is 4. The van der Waals surface area contributed by atoms with Crippen molar-refractivity contribution in [2.45, 2.75) is 12.5 Å². The summed E-state index contributed by atoms with van der Waals surface area (Å²) in [4.78, 5) is 13.4. The molecule has 1 N–H and O–H groups in total. The lowest BCUT2D eigenvalue weighted by atomic mass is 9.94. The minimum atomic E-state index is -0.515. The highest BCUT2D eigenvalue weighted by atomic mass is 79.9. The number of rotatable bonds is 5. The number of Topliss-reactive ketones (excluding diaryl/α,β-unsaturated/α-hetero) is 1. The van der Waals surface area contributed by atoms with Gasteiger partial charge in [0.1, 0.15) is 0 Å². The van der Waals surface area contributed by atoms with Crippen molar-refractivity contribution in [2.24, 2.45) is 0 Å². The Labute approximate surface area is 166 Å². The lowest BCUT2D eigenvalue weighted by molar-refractivity contribution is 0.0946. The fourth-order valence-corrected chi connectivity index (χ4v) is 3.85. The summed E-state index contributed by atoms with van der Waals surface area (Å²) in [6, 6.07) is 6.75. The second-order valence-electron chi connectivity index (χ2n) is 6.09. The van der Waals surface area contributed by atoms with E-state index in [9.17, 15) is 4.79 Å². The zero-order valence-electron chi connectivity index (χ0n) is 15.7. The highest BCUT2D eigenvalue weighted by molar-refractivity contribution is 9.10.